The molecule has 1 aliphatic rings. The summed E-state index contributed by atoms with van der Waals surface area (Å²) in [6.45, 7) is 2.86. The molecular formula is C16H17NO2. The molecular weight excluding hydrogens is 238 g/mol. The number of anilines is 1. The summed E-state index contributed by atoms with van der Waals surface area (Å²) in [4.78, 5) is 0. The lowest BCUT2D eigenvalue weighted by Crippen LogP contribution is -2.06. The second kappa shape index (κ2) is 4.84. The summed E-state index contributed by atoms with van der Waals surface area (Å²) in [5, 5.41) is 13.0. The maximum Gasteiger partial charge on any atom is 0.122 e. The van der Waals surface area contributed by atoms with Crippen LogP contribution >= 0.6 is 0 Å². The van der Waals surface area contributed by atoms with E-state index < -0.39 is 0 Å². The molecule has 0 radical (unpaired) electrons. The molecule has 1 aliphatic heterocycles. The Hall–Kier alpha value is -2.16. The third-order valence-electron chi connectivity index (χ3n) is 3.44. The molecule has 0 fully saturated rings. The van der Waals surface area contributed by atoms with Crippen LogP contribution in [-0.4, -0.2) is 11.7 Å². The van der Waals surface area contributed by atoms with Crippen LogP contribution in [0.5, 0.6) is 11.5 Å². The van der Waals surface area contributed by atoms with Gasteiger partial charge in [-0.05, 0) is 48.4 Å². The Morgan fingerprint density at radius 3 is 2.95 bits per heavy atom. The Kier molecular flexibility index (Phi) is 3.03. The summed E-state index contributed by atoms with van der Waals surface area (Å²) in [5.74, 6) is 1.30. The normalized spacial score (nSPS) is 14.6. The highest BCUT2D eigenvalue weighted by atomic mass is 16.5. The van der Waals surface area contributed by atoms with Gasteiger partial charge in [-0.3, -0.25) is 0 Å². The van der Waals surface area contributed by atoms with Crippen LogP contribution in [0.25, 0.3) is 0 Å². The number of ether oxygens (including phenoxy) is 1. The Balaban J connectivity index is 1.77. The Morgan fingerprint density at radius 1 is 1.21 bits per heavy atom. The van der Waals surface area contributed by atoms with Gasteiger partial charge in [-0.15, -0.1) is 0 Å². The monoisotopic (exact) mass is 255 g/mol. The van der Waals surface area contributed by atoms with E-state index in [4.69, 9.17) is 4.74 Å². The van der Waals surface area contributed by atoms with E-state index in [2.05, 4.69) is 18.3 Å². The van der Waals surface area contributed by atoms with E-state index in [9.17, 15) is 5.11 Å². The molecule has 2 aromatic rings. The Bertz CT molecular complexity index is 595. The van der Waals surface area contributed by atoms with E-state index >= 15 is 0 Å². The third kappa shape index (κ3) is 2.50. The highest BCUT2D eigenvalue weighted by Gasteiger charge is 2.13. The summed E-state index contributed by atoms with van der Waals surface area (Å²) in [6.07, 6.45) is 0.978. The minimum atomic E-state index is 0.146. The second-order valence-electron chi connectivity index (χ2n) is 4.88. The number of fused-ring (bicyclic) bond motifs is 1. The summed E-state index contributed by atoms with van der Waals surface area (Å²) >= 11 is 0. The number of nitrogens with one attached hydrogen (secondary N) is 1. The fourth-order valence-electron chi connectivity index (χ4n) is 2.40. The number of aromatic hydroxyl groups is 1. The van der Waals surface area contributed by atoms with Gasteiger partial charge in [0.1, 0.15) is 11.5 Å². The first-order valence-electron chi connectivity index (χ1n) is 6.53. The zero-order valence-electron chi connectivity index (χ0n) is 10.9. The van der Waals surface area contributed by atoms with E-state index in [-0.39, 0.29) is 6.04 Å². The van der Waals surface area contributed by atoms with E-state index in [0.717, 1.165) is 30.0 Å². The van der Waals surface area contributed by atoms with Crippen molar-refractivity contribution in [1.29, 1.82) is 0 Å². The van der Waals surface area contributed by atoms with Crippen molar-refractivity contribution in [1.82, 2.24) is 0 Å². The number of phenols is 1. The van der Waals surface area contributed by atoms with Gasteiger partial charge in [0.05, 0.1) is 6.61 Å². The lowest BCUT2D eigenvalue weighted by atomic mass is 10.1. The molecule has 0 saturated heterocycles. The van der Waals surface area contributed by atoms with Crippen molar-refractivity contribution in [3.63, 3.8) is 0 Å². The van der Waals surface area contributed by atoms with Crippen molar-refractivity contribution < 1.29 is 9.84 Å². The van der Waals surface area contributed by atoms with Crippen molar-refractivity contribution in [3.05, 3.63) is 53.6 Å². The molecule has 3 rings (SSSR count). The van der Waals surface area contributed by atoms with Crippen LogP contribution in [0.2, 0.25) is 0 Å². The van der Waals surface area contributed by atoms with Crippen molar-refractivity contribution in [2.24, 2.45) is 0 Å². The van der Waals surface area contributed by atoms with Crippen LogP contribution in [0.3, 0.4) is 0 Å². The average Bonchev–Trinajstić information content (AvgIpc) is 2.86. The first-order chi connectivity index (χ1) is 9.22. The first-order valence-corrected chi connectivity index (χ1v) is 6.53. The zero-order valence-corrected chi connectivity index (χ0v) is 10.9. The van der Waals surface area contributed by atoms with Gasteiger partial charge < -0.3 is 15.2 Å². The van der Waals surface area contributed by atoms with Gasteiger partial charge in [-0.2, -0.15) is 0 Å². The van der Waals surface area contributed by atoms with E-state index in [1.54, 1.807) is 12.1 Å². The lowest BCUT2D eigenvalue weighted by molar-refractivity contribution is 0.357. The highest BCUT2D eigenvalue weighted by Crippen LogP contribution is 2.29. The molecule has 0 saturated carbocycles. The van der Waals surface area contributed by atoms with Crippen molar-refractivity contribution in [2.45, 2.75) is 19.4 Å². The van der Waals surface area contributed by atoms with Gasteiger partial charge in [0.15, 0.2) is 0 Å². The van der Waals surface area contributed by atoms with Gasteiger partial charge in [0.25, 0.3) is 0 Å². The molecule has 0 spiro atoms. The minimum Gasteiger partial charge on any atom is -0.508 e. The maximum atomic E-state index is 9.51. The van der Waals surface area contributed by atoms with Gasteiger partial charge in [-0.25, -0.2) is 0 Å². The molecule has 0 aliphatic carbocycles. The van der Waals surface area contributed by atoms with Crippen LogP contribution in [0.1, 0.15) is 24.1 Å². The van der Waals surface area contributed by atoms with Crippen LogP contribution in [0.4, 0.5) is 5.69 Å². The highest BCUT2D eigenvalue weighted by molar-refractivity contribution is 5.53. The standard InChI is InChI=1S/C16H17NO2/c1-11(12-3-2-4-15(18)10-12)17-14-5-6-16-13(9-14)7-8-19-16/h2-6,9-11,17-18H,7-8H2,1H3. The fraction of sp³-hybridized carbons (Fsp3) is 0.250. The molecule has 0 bridgehead atoms. The molecule has 1 heterocycles. The Morgan fingerprint density at radius 2 is 2.11 bits per heavy atom. The topological polar surface area (TPSA) is 41.5 Å². The lowest BCUT2D eigenvalue weighted by Gasteiger charge is -2.16. The third-order valence-corrected chi connectivity index (χ3v) is 3.44. The SMILES string of the molecule is CC(Nc1ccc2c(c1)CCO2)c1cccc(O)c1. The van der Waals surface area contributed by atoms with Gasteiger partial charge in [-0.1, -0.05) is 12.1 Å². The summed E-state index contributed by atoms with van der Waals surface area (Å²) in [6, 6.07) is 13.7. The average molecular weight is 255 g/mol. The molecule has 1 atom stereocenters. The largest absolute Gasteiger partial charge is 0.508 e. The van der Waals surface area contributed by atoms with Crippen molar-refractivity contribution >= 4 is 5.69 Å². The van der Waals surface area contributed by atoms with Gasteiger partial charge in [0, 0.05) is 18.2 Å². The van der Waals surface area contributed by atoms with Gasteiger partial charge >= 0.3 is 0 Å². The Labute approximate surface area is 112 Å². The number of hydrogen-bond donors (Lipinski definition) is 2. The minimum absolute atomic E-state index is 0.146. The van der Waals surface area contributed by atoms with E-state index in [1.165, 1.54) is 5.56 Å². The molecule has 0 aromatic heterocycles. The van der Waals surface area contributed by atoms with E-state index in [1.807, 2.05) is 24.3 Å². The molecule has 98 valence electrons. The van der Waals surface area contributed by atoms with Crippen LogP contribution in [0, 0.1) is 0 Å². The molecule has 3 nitrogen and oxygen atoms in total. The molecule has 0 amide bonds. The van der Waals surface area contributed by atoms with Crippen molar-refractivity contribution in [3.8, 4) is 11.5 Å². The number of phenolic OH excluding ortho intramolecular Hbond substituents is 1. The first kappa shape index (κ1) is 11.9. The molecule has 2 N–H and O–H groups in total. The summed E-state index contributed by atoms with van der Waals surface area (Å²) < 4.78 is 5.50. The number of rotatable bonds is 3. The van der Waals surface area contributed by atoms with Crippen LogP contribution in [0.15, 0.2) is 42.5 Å². The van der Waals surface area contributed by atoms with Crippen LogP contribution < -0.4 is 10.1 Å². The maximum absolute atomic E-state index is 9.51. The zero-order chi connectivity index (χ0) is 13.2. The molecule has 19 heavy (non-hydrogen) atoms. The fourth-order valence-corrected chi connectivity index (χ4v) is 2.40. The smallest absolute Gasteiger partial charge is 0.122 e. The summed E-state index contributed by atoms with van der Waals surface area (Å²) in [7, 11) is 0. The summed E-state index contributed by atoms with van der Waals surface area (Å²) in [5.41, 5.74) is 3.41. The number of benzene rings is 2. The second-order valence-corrected chi connectivity index (χ2v) is 4.88. The molecule has 1 unspecified atom stereocenters. The number of hydrogen-bond acceptors (Lipinski definition) is 3. The molecule has 3 heteroatoms. The van der Waals surface area contributed by atoms with Crippen LogP contribution in [-0.2, 0) is 6.42 Å². The van der Waals surface area contributed by atoms with E-state index in [0.29, 0.717) is 5.75 Å². The molecule has 2 aromatic carbocycles. The quantitative estimate of drug-likeness (QED) is 0.882. The van der Waals surface area contributed by atoms with Crippen molar-refractivity contribution in [2.75, 3.05) is 11.9 Å². The van der Waals surface area contributed by atoms with Gasteiger partial charge in [0.2, 0.25) is 0 Å². The predicted octanol–water partition coefficient (Wildman–Crippen LogP) is 3.50. The predicted molar refractivity (Wildman–Crippen MR) is 75.8 cm³/mol.